The van der Waals surface area contributed by atoms with Crippen LogP contribution >= 0.6 is 11.3 Å². The number of carboxylic acid groups (broad SMARTS) is 1. The van der Waals surface area contributed by atoms with Gasteiger partial charge in [0.2, 0.25) is 0 Å². The van der Waals surface area contributed by atoms with Gasteiger partial charge < -0.3 is 9.94 Å². The Morgan fingerprint density at radius 2 is 2.29 bits per heavy atom. The molecule has 0 spiro atoms. The summed E-state index contributed by atoms with van der Waals surface area (Å²) in [6, 6.07) is 8.06. The summed E-state index contributed by atoms with van der Waals surface area (Å²) in [6.07, 6.45) is -0.134. The topological polar surface area (TPSA) is 75.0 Å². The molecule has 6 nitrogen and oxygen atoms in total. The van der Waals surface area contributed by atoms with Gasteiger partial charge in [0, 0.05) is 13.1 Å². The molecule has 4 rings (SSSR count). The number of carbonyl (C=O) groups is 1. The van der Waals surface area contributed by atoms with E-state index < -0.39 is 5.97 Å². The quantitative estimate of drug-likeness (QED) is 0.931. The first-order valence-electron chi connectivity index (χ1n) is 6.74. The summed E-state index contributed by atoms with van der Waals surface area (Å²) in [4.78, 5) is 23.1. The second-order valence-corrected chi connectivity index (χ2v) is 6.42. The van der Waals surface area contributed by atoms with Crippen molar-refractivity contribution in [3.63, 3.8) is 0 Å². The van der Waals surface area contributed by atoms with Gasteiger partial charge in [0.1, 0.15) is 11.1 Å². The Hall–Kier alpha value is -1.99. The fraction of sp³-hybridized carbons (Fsp3) is 0.357. The molecule has 21 heavy (non-hydrogen) atoms. The van der Waals surface area contributed by atoms with E-state index >= 15 is 0 Å². The largest absolute Gasteiger partial charge is 0.477 e. The number of hydrogen-bond acceptors (Lipinski definition) is 6. The van der Waals surface area contributed by atoms with Crippen LogP contribution in [0.4, 0.5) is 0 Å². The summed E-state index contributed by atoms with van der Waals surface area (Å²) in [5.41, 5.74) is 1.16. The number of benzene rings is 1. The van der Waals surface area contributed by atoms with Gasteiger partial charge in [0.25, 0.3) is 0 Å². The third-order valence-corrected chi connectivity index (χ3v) is 4.92. The molecule has 0 aliphatic carbocycles. The van der Waals surface area contributed by atoms with Crippen molar-refractivity contribution in [2.24, 2.45) is 11.1 Å². The summed E-state index contributed by atoms with van der Waals surface area (Å²) >= 11 is 1.68. The highest BCUT2D eigenvalue weighted by Crippen LogP contribution is 2.30. The van der Waals surface area contributed by atoms with Crippen LogP contribution in [0.2, 0.25) is 0 Å². The molecule has 1 aromatic carbocycles. The average Bonchev–Trinajstić information content (AvgIpc) is 3.10. The van der Waals surface area contributed by atoms with Crippen LogP contribution in [0.15, 0.2) is 29.4 Å². The van der Waals surface area contributed by atoms with Crippen molar-refractivity contribution >= 4 is 33.2 Å². The van der Waals surface area contributed by atoms with Gasteiger partial charge in [-0.25, -0.2) is 9.78 Å². The monoisotopic (exact) mass is 303 g/mol. The average molecular weight is 303 g/mol. The third-order valence-electron chi connectivity index (χ3n) is 3.90. The highest BCUT2D eigenvalue weighted by atomic mass is 32.1. The number of hydrogen-bond donors (Lipinski definition) is 1. The Morgan fingerprint density at radius 3 is 3.10 bits per heavy atom. The Morgan fingerprint density at radius 1 is 1.43 bits per heavy atom. The minimum atomic E-state index is -0.982. The van der Waals surface area contributed by atoms with Gasteiger partial charge in [-0.2, -0.15) is 0 Å². The lowest BCUT2D eigenvalue weighted by molar-refractivity contribution is -0.129. The van der Waals surface area contributed by atoms with Crippen LogP contribution < -0.4 is 0 Å². The molecule has 7 heteroatoms. The Kier molecular flexibility index (Phi) is 2.90. The number of oxime groups is 1. The Balaban J connectivity index is 1.49. The lowest BCUT2D eigenvalue weighted by Gasteiger charge is -2.13. The lowest BCUT2D eigenvalue weighted by Crippen LogP contribution is -2.27. The van der Waals surface area contributed by atoms with Crippen molar-refractivity contribution in [1.29, 1.82) is 0 Å². The molecule has 2 unspecified atom stereocenters. The van der Waals surface area contributed by atoms with Crippen molar-refractivity contribution in [2.75, 3.05) is 13.1 Å². The van der Waals surface area contributed by atoms with Crippen LogP contribution in [0.5, 0.6) is 0 Å². The number of thiazole rings is 1. The highest BCUT2D eigenvalue weighted by molar-refractivity contribution is 7.18. The first-order chi connectivity index (χ1) is 10.2. The van der Waals surface area contributed by atoms with Gasteiger partial charge in [0.05, 0.1) is 22.7 Å². The van der Waals surface area contributed by atoms with Crippen molar-refractivity contribution in [2.45, 2.75) is 12.6 Å². The van der Waals surface area contributed by atoms with Gasteiger partial charge in [-0.05, 0) is 12.1 Å². The summed E-state index contributed by atoms with van der Waals surface area (Å²) in [5.74, 6) is -1.11. The zero-order chi connectivity index (χ0) is 14.4. The maximum atomic E-state index is 11.1. The number of para-hydroxylation sites is 1. The standard InChI is InChI=1S/C14H13N3O3S/c18-14(19)13-8-5-17(6-10(8)20-16-13)7-12-15-9-3-1-2-4-11(9)21-12/h1-4,8,10H,5-7H2,(H,18,19). The minimum absolute atomic E-state index is 0.128. The third kappa shape index (κ3) is 2.18. The van der Waals surface area contributed by atoms with E-state index in [-0.39, 0.29) is 17.7 Å². The SMILES string of the molecule is O=C(O)C1=NOC2CN(Cc3nc4ccccc4s3)CC12. The summed E-state index contributed by atoms with van der Waals surface area (Å²) in [6.45, 7) is 2.08. The number of carboxylic acids is 1. The minimum Gasteiger partial charge on any atom is -0.477 e. The van der Waals surface area contributed by atoms with Crippen LogP contribution in [0, 0.1) is 5.92 Å². The first kappa shape index (κ1) is 12.7. The van der Waals surface area contributed by atoms with Gasteiger partial charge in [-0.3, -0.25) is 4.90 Å². The van der Waals surface area contributed by atoms with Crippen LogP contribution in [-0.2, 0) is 16.2 Å². The highest BCUT2D eigenvalue weighted by Gasteiger charge is 2.44. The number of likely N-dealkylation sites (tertiary alicyclic amines) is 1. The van der Waals surface area contributed by atoms with Crippen molar-refractivity contribution in [1.82, 2.24) is 9.88 Å². The maximum Gasteiger partial charge on any atom is 0.354 e. The predicted molar refractivity (Wildman–Crippen MR) is 78.3 cm³/mol. The smallest absolute Gasteiger partial charge is 0.354 e. The molecule has 0 radical (unpaired) electrons. The molecule has 108 valence electrons. The summed E-state index contributed by atoms with van der Waals surface area (Å²) in [5, 5.41) is 13.8. The fourth-order valence-corrected chi connectivity index (χ4v) is 3.93. The second kappa shape index (κ2) is 4.78. The van der Waals surface area contributed by atoms with E-state index in [9.17, 15) is 4.79 Å². The molecule has 3 heterocycles. The predicted octanol–water partition coefficient (Wildman–Crippen LogP) is 1.57. The zero-order valence-electron chi connectivity index (χ0n) is 11.1. The van der Waals surface area contributed by atoms with E-state index in [1.54, 1.807) is 11.3 Å². The van der Waals surface area contributed by atoms with Gasteiger partial charge >= 0.3 is 5.97 Å². The van der Waals surface area contributed by atoms with Crippen molar-refractivity contribution in [3.05, 3.63) is 29.3 Å². The molecule has 1 aromatic heterocycles. The van der Waals surface area contributed by atoms with E-state index in [0.717, 1.165) is 17.1 Å². The fourth-order valence-electron chi connectivity index (χ4n) is 2.92. The maximum absolute atomic E-state index is 11.1. The number of aromatic nitrogens is 1. The van der Waals surface area contributed by atoms with Crippen LogP contribution in [0.3, 0.4) is 0 Å². The molecule has 1 N–H and O–H groups in total. The van der Waals surface area contributed by atoms with Crippen LogP contribution in [-0.4, -0.2) is 45.9 Å². The summed E-state index contributed by atoms with van der Waals surface area (Å²) in [7, 11) is 0. The van der Waals surface area contributed by atoms with Gasteiger partial charge in [-0.15, -0.1) is 11.3 Å². The van der Waals surface area contributed by atoms with E-state index in [4.69, 9.17) is 9.94 Å². The lowest BCUT2D eigenvalue weighted by atomic mass is 10.0. The molecule has 2 atom stereocenters. The molecule has 2 aliphatic rings. The number of fused-ring (bicyclic) bond motifs is 2. The molecule has 0 bridgehead atoms. The Labute approximate surface area is 124 Å². The molecular formula is C14H13N3O3S. The Bertz CT molecular complexity index is 709. The molecular weight excluding hydrogens is 290 g/mol. The van der Waals surface area contributed by atoms with E-state index in [0.29, 0.717) is 13.1 Å². The molecule has 1 fully saturated rings. The van der Waals surface area contributed by atoms with E-state index in [1.807, 2.05) is 18.2 Å². The number of nitrogens with zero attached hydrogens (tertiary/aromatic N) is 3. The van der Waals surface area contributed by atoms with Crippen LogP contribution in [0.1, 0.15) is 5.01 Å². The second-order valence-electron chi connectivity index (χ2n) is 5.30. The van der Waals surface area contributed by atoms with E-state index in [2.05, 4.69) is 21.1 Å². The van der Waals surface area contributed by atoms with E-state index in [1.165, 1.54) is 4.70 Å². The van der Waals surface area contributed by atoms with Crippen LogP contribution in [0.25, 0.3) is 10.2 Å². The molecule has 2 aliphatic heterocycles. The molecule has 0 amide bonds. The first-order valence-corrected chi connectivity index (χ1v) is 7.56. The normalized spacial score (nSPS) is 24.9. The summed E-state index contributed by atoms with van der Waals surface area (Å²) < 4.78 is 1.18. The van der Waals surface area contributed by atoms with Gasteiger partial charge in [0.15, 0.2) is 5.71 Å². The zero-order valence-corrected chi connectivity index (χ0v) is 11.9. The van der Waals surface area contributed by atoms with Crippen molar-refractivity contribution < 1.29 is 14.7 Å². The van der Waals surface area contributed by atoms with Gasteiger partial charge in [-0.1, -0.05) is 17.3 Å². The number of rotatable bonds is 3. The molecule has 2 aromatic rings. The molecule has 0 saturated carbocycles. The number of aliphatic carboxylic acids is 1. The molecule has 1 saturated heterocycles. The van der Waals surface area contributed by atoms with Crippen molar-refractivity contribution in [3.8, 4) is 0 Å².